The summed E-state index contributed by atoms with van der Waals surface area (Å²) in [5.74, 6) is 1.26. The lowest BCUT2D eigenvalue weighted by molar-refractivity contribution is -0.127. The number of carbonyl (C=O) groups excluding carboxylic acids is 1. The molecule has 0 saturated heterocycles. The monoisotopic (exact) mass is 464 g/mol. The van der Waals surface area contributed by atoms with Gasteiger partial charge in [0.15, 0.2) is 5.16 Å². The van der Waals surface area contributed by atoms with Crippen LogP contribution in [0.3, 0.4) is 0 Å². The van der Waals surface area contributed by atoms with E-state index in [2.05, 4.69) is 30.9 Å². The Morgan fingerprint density at radius 3 is 2.71 bits per heavy atom. The predicted octanol–water partition coefficient (Wildman–Crippen LogP) is 4.62. The zero-order valence-corrected chi connectivity index (χ0v) is 18.5. The zero-order valence-electron chi connectivity index (χ0n) is 16.9. The van der Waals surface area contributed by atoms with E-state index in [4.69, 9.17) is 0 Å². The molecule has 164 valence electrons. The number of nitrogens with zero attached hydrogens (tertiary/aromatic N) is 4. The van der Waals surface area contributed by atoms with E-state index in [9.17, 15) is 13.6 Å². The second kappa shape index (κ2) is 9.78. The van der Waals surface area contributed by atoms with Crippen LogP contribution in [0.1, 0.15) is 35.1 Å². The molecule has 1 amide bonds. The Kier molecular flexibility index (Phi) is 6.86. The molecule has 2 heterocycles. The van der Waals surface area contributed by atoms with Crippen LogP contribution in [-0.4, -0.2) is 45.0 Å². The molecule has 1 fully saturated rings. The van der Waals surface area contributed by atoms with E-state index < -0.39 is 6.61 Å². The van der Waals surface area contributed by atoms with Crippen molar-refractivity contribution in [1.29, 1.82) is 0 Å². The summed E-state index contributed by atoms with van der Waals surface area (Å²) >= 11 is 3.10. The lowest BCUT2D eigenvalue weighted by atomic mass is 10.2. The molecule has 10 heteroatoms. The van der Waals surface area contributed by atoms with Gasteiger partial charge in [0.2, 0.25) is 5.91 Å². The van der Waals surface area contributed by atoms with E-state index >= 15 is 0 Å². The normalized spacial score (nSPS) is 13.5. The molecule has 4 rings (SSSR count). The molecule has 0 spiro atoms. The summed E-state index contributed by atoms with van der Waals surface area (Å²) < 4.78 is 31.0. The number of alkyl halides is 2. The first-order chi connectivity index (χ1) is 15.0. The topological polar surface area (TPSA) is 60.2 Å². The van der Waals surface area contributed by atoms with Gasteiger partial charge in [0.25, 0.3) is 0 Å². The summed E-state index contributed by atoms with van der Waals surface area (Å²) in [5, 5.41) is 11.6. The third-order valence-corrected chi connectivity index (χ3v) is 6.68. The number of halogens is 2. The Hall–Kier alpha value is -2.46. The lowest BCUT2D eigenvalue weighted by Crippen LogP contribution is -2.27. The van der Waals surface area contributed by atoms with Gasteiger partial charge in [-0.1, -0.05) is 30.0 Å². The van der Waals surface area contributed by atoms with Crippen molar-refractivity contribution in [3.05, 3.63) is 58.0 Å². The summed E-state index contributed by atoms with van der Waals surface area (Å²) in [6, 6.07) is 10.8. The zero-order chi connectivity index (χ0) is 21.8. The second-order valence-electron chi connectivity index (χ2n) is 7.32. The van der Waals surface area contributed by atoms with Gasteiger partial charge < -0.3 is 14.2 Å². The first-order valence-corrected chi connectivity index (χ1v) is 11.7. The Morgan fingerprint density at radius 1 is 1.29 bits per heavy atom. The van der Waals surface area contributed by atoms with Crippen molar-refractivity contribution in [1.82, 2.24) is 19.7 Å². The summed E-state index contributed by atoms with van der Waals surface area (Å²) in [7, 11) is 1.72. The summed E-state index contributed by atoms with van der Waals surface area (Å²) in [4.78, 5) is 15.5. The van der Waals surface area contributed by atoms with E-state index in [0.29, 0.717) is 12.6 Å². The number of hydrogen-bond donors (Lipinski definition) is 0. The molecule has 1 aromatic carbocycles. The number of aromatic nitrogens is 3. The molecule has 3 aromatic rings. The van der Waals surface area contributed by atoms with Crippen LogP contribution in [0, 0.1) is 0 Å². The highest BCUT2D eigenvalue weighted by atomic mass is 32.2. The molecule has 31 heavy (non-hydrogen) atoms. The van der Waals surface area contributed by atoms with Gasteiger partial charge in [-0.3, -0.25) is 4.79 Å². The molecule has 0 aliphatic heterocycles. The van der Waals surface area contributed by atoms with E-state index in [1.54, 1.807) is 35.4 Å². The van der Waals surface area contributed by atoms with E-state index in [1.807, 2.05) is 6.07 Å². The van der Waals surface area contributed by atoms with Crippen molar-refractivity contribution >= 4 is 29.0 Å². The smallest absolute Gasteiger partial charge is 0.387 e. The Bertz CT molecular complexity index is 1010. The molecule has 0 bridgehead atoms. The minimum Gasteiger partial charge on any atom is -0.435 e. The SMILES string of the molecule is CN(Cc1ccc(OC(F)F)cc1)C(=O)CSc1nnc(Cc2cccs2)n1C1CC1. The number of benzene rings is 1. The quantitative estimate of drug-likeness (QED) is 0.410. The number of hydrogen-bond acceptors (Lipinski definition) is 6. The van der Waals surface area contributed by atoms with Crippen molar-refractivity contribution < 1.29 is 18.3 Å². The number of carbonyl (C=O) groups is 1. The highest BCUT2D eigenvalue weighted by Crippen LogP contribution is 2.39. The average molecular weight is 465 g/mol. The van der Waals surface area contributed by atoms with Gasteiger partial charge in [0.1, 0.15) is 11.6 Å². The van der Waals surface area contributed by atoms with Gasteiger partial charge in [-0.25, -0.2) is 0 Å². The van der Waals surface area contributed by atoms with Crippen LogP contribution in [0.2, 0.25) is 0 Å². The van der Waals surface area contributed by atoms with Crippen LogP contribution in [-0.2, 0) is 17.8 Å². The molecule has 0 unspecified atom stereocenters. The first kappa shape index (κ1) is 21.8. The van der Waals surface area contributed by atoms with Gasteiger partial charge in [0, 0.05) is 30.9 Å². The fraction of sp³-hybridized carbons (Fsp3) is 0.381. The molecule has 6 nitrogen and oxygen atoms in total. The maximum absolute atomic E-state index is 12.6. The third-order valence-electron chi connectivity index (χ3n) is 4.88. The van der Waals surface area contributed by atoms with Gasteiger partial charge in [-0.2, -0.15) is 8.78 Å². The summed E-state index contributed by atoms with van der Waals surface area (Å²) in [6.45, 7) is -2.47. The van der Waals surface area contributed by atoms with Crippen molar-refractivity contribution in [3.8, 4) is 5.75 Å². The predicted molar refractivity (Wildman–Crippen MR) is 116 cm³/mol. The average Bonchev–Trinajstić information content (AvgIpc) is 3.29. The second-order valence-corrected chi connectivity index (χ2v) is 9.29. The summed E-state index contributed by atoms with van der Waals surface area (Å²) in [6.07, 6.45) is 2.98. The lowest BCUT2D eigenvalue weighted by Gasteiger charge is -2.17. The fourth-order valence-electron chi connectivity index (χ4n) is 3.17. The Labute approximate surface area is 187 Å². The van der Waals surface area contributed by atoms with E-state index in [-0.39, 0.29) is 17.4 Å². The maximum atomic E-state index is 12.6. The fourth-order valence-corrected chi connectivity index (χ4v) is 4.84. The minimum absolute atomic E-state index is 0.0388. The molecule has 2 aromatic heterocycles. The molecular formula is C21H22F2N4O2S2. The van der Waals surface area contributed by atoms with Crippen LogP contribution in [0.4, 0.5) is 8.78 Å². The van der Waals surface area contributed by atoms with Crippen LogP contribution >= 0.6 is 23.1 Å². The molecule has 1 saturated carbocycles. The van der Waals surface area contributed by atoms with Gasteiger partial charge >= 0.3 is 6.61 Å². The van der Waals surface area contributed by atoms with Gasteiger partial charge in [-0.05, 0) is 42.0 Å². The number of amides is 1. The standard InChI is InChI=1S/C21H22F2N4O2S2/c1-26(12-14-4-8-16(9-5-14)29-20(22)23)19(28)13-31-21-25-24-18(27(21)15-6-7-15)11-17-3-2-10-30-17/h2-5,8-10,15,20H,6-7,11-13H2,1H3. The highest BCUT2D eigenvalue weighted by Gasteiger charge is 2.30. The molecule has 1 aliphatic rings. The minimum atomic E-state index is -2.85. The van der Waals surface area contributed by atoms with E-state index in [1.165, 1.54) is 28.8 Å². The largest absolute Gasteiger partial charge is 0.435 e. The molecule has 0 radical (unpaired) electrons. The van der Waals surface area contributed by atoms with Gasteiger partial charge in [0.05, 0.1) is 5.75 Å². The van der Waals surface area contributed by atoms with Crippen LogP contribution in [0.5, 0.6) is 5.75 Å². The number of ether oxygens (including phenoxy) is 1. The molecular weight excluding hydrogens is 442 g/mol. The molecule has 0 N–H and O–H groups in total. The first-order valence-electron chi connectivity index (χ1n) is 9.86. The number of rotatable bonds is 10. The van der Waals surface area contributed by atoms with Crippen molar-refractivity contribution in [3.63, 3.8) is 0 Å². The number of thiophene rings is 1. The van der Waals surface area contributed by atoms with Crippen molar-refractivity contribution in [2.75, 3.05) is 12.8 Å². The van der Waals surface area contributed by atoms with E-state index in [0.717, 1.165) is 35.8 Å². The van der Waals surface area contributed by atoms with Crippen LogP contribution in [0.15, 0.2) is 46.9 Å². The van der Waals surface area contributed by atoms with Crippen molar-refractivity contribution in [2.45, 2.75) is 43.6 Å². The van der Waals surface area contributed by atoms with Gasteiger partial charge in [-0.15, -0.1) is 21.5 Å². The number of thioether (sulfide) groups is 1. The van der Waals surface area contributed by atoms with Crippen LogP contribution < -0.4 is 4.74 Å². The summed E-state index contributed by atoms with van der Waals surface area (Å²) in [5.41, 5.74) is 0.835. The third kappa shape index (κ3) is 5.82. The van der Waals surface area contributed by atoms with Crippen LogP contribution in [0.25, 0.3) is 0 Å². The Balaban J connectivity index is 1.33. The van der Waals surface area contributed by atoms with Crippen molar-refractivity contribution in [2.24, 2.45) is 0 Å². The maximum Gasteiger partial charge on any atom is 0.387 e. The molecule has 1 aliphatic carbocycles. The molecule has 0 atom stereocenters. The Morgan fingerprint density at radius 2 is 2.06 bits per heavy atom. The highest BCUT2D eigenvalue weighted by molar-refractivity contribution is 7.99.